The number of amides is 1. The maximum absolute atomic E-state index is 12.7. The minimum Gasteiger partial charge on any atom is -0.496 e. The molecule has 0 atom stereocenters. The molecule has 150 valence electrons. The largest absolute Gasteiger partial charge is 0.496 e. The lowest BCUT2D eigenvalue weighted by Gasteiger charge is -2.10. The molecule has 0 unspecified atom stereocenters. The molecule has 1 N–H and O–H groups in total. The molecule has 1 heterocycles. The molecule has 0 fully saturated rings. The molecule has 8 nitrogen and oxygen atoms in total. The Kier molecular flexibility index (Phi) is 7.06. The van der Waals surface area contributed by atoms with Crippen molar-refractivity contribution >= 4 is 35.3 Å². The first-order valence-electron chi connectivity index (χ1n) is 8.46. The van der Waals surface area contributed by atoms with E-state index in [4.69, 9.17) is 30.2 Å². The van der Waals surface area contributed by atoms with Crippen LogP contribution in [0.25, 0.3) is 0 Å². The van der Waals surface area contributed by atoms with Crippen LogP contribution in [0, 0.1) is 6.92 Å². The number of hydrogen-bond donors (Lipinski definition) is 1. The number of hydrogen-bond acceptors (Lipinski definition) is 7. The molecule has 0 radical (unpaired) electrons. The van der Waals surface area contributed by atoms with Crippen LogP contribution in [0.2, 0.25) is 5.02 Å². The van der Waals surface area contributed by atoms with E-state index in [1.54, 1.807) is 19.9 Å². The van der Waals surface area contributed by atoms with Gasteiger partial charge in [-0.15, -0.1) is 0 Å². The number of ether oxygens (including phenoxy) is 3. The van der Waals surface area contributed by atoms with E-state index in [0.717, 1.165) is 0 Å². The zero-order valence-corrected chi connectivity index (χ0v) is 16.6. The lowest BCUT2D eigenvalue weighted by molar-refractivity contribution is 0.0480. The quantitative estimate of drug-likeness (QED) is 0.692. The number of anilines is 1. The molecule has 1 aromatic heterocycles. The number of aryl methyl sites for hydroxylation is 1. The monoisotopic (exact) mass is 409 g/mol. The summed E-state index contributed by atoms with van der Waals surface area (Å²) in [4.78, 5) is 37.4. The van der Waals surface area contributed by atoms with Crippen LogP contribution in [0.5, 0.6) is 5.75 Å². The zero-order valence-electron chi connectivity index (χ0n) is 15.9. The number of nitrogens with one attached hydrogen (secondary N) is 1. The first kappa shape index (κ1) is 21.3. The van der Waals surface area contributed by atoms with Crippen molar-refractivity contribution in [1.82, 2.24) is 0 Å². The van der Waals surface area contributed by atoms with Gasteiger partial charge in [-0.3, -0.25) is 10.1 Å². The first-order valence-corrected chi connectivity index (χ1v) is 8.84. The van der Waals surface area contributed by atoms with Crippen molar-refractivity contribution in [1.29, 1.82) is 0 Å². The molecule has 2 aromatic rings. The van der Waals surface area contributed by atoms with E-state index in [-0.39, 0.29) is 47.3 Å². The van der Waals surface area contributed by atoms with Crippen LogP contribution >= 0.6 is 11.6 Å². The van der Waals surface area contributed by atoms with Gasteiger partial charge in [-0.25, -0.2) is 9.59 Å². The minimum atomic E-state index is -0.823. The zero-order chi connectivity index (χ0) is 20.8. The fourth-order valence-corrected chi connectivity index (χ4v) is 2.68. The second-order valence-electron chi connectivity index (χ2n) is 5.48. The highest BCUT2D eigenvalue weighted by atomic mass is 35.5. The highest BCUT2D eigenvalue weighted by molar-refractivity contribution is 6.31. The Morgan fingerprint density at radius 3 is 2.25 bits per heavy atom. The van der Waals surface area contributed by atoms with Crippen molar-refractivity contribution < 1.29 is 33.0 Å². The third-order valence-corrected chi connectivity index (χ3v) is 3.91. The highest BCUT2D eigenvalue weighted by Gasteiger charge is 2.31. The summed E-state index contributed by atoms with van der Waals surface area (Å²) >= 11 is 5.96. The van der Waals surface area contributed by atoms with Gasteiger partial charge in [0, 0.05) is 5.02 Å². The van der Waals surface area contributed by atoms with Crippen LogP contribution in [0.15, 0.2) is 22.6 Å². The molecule has 0 aliphatic rings. The Bertz CT molecular complexity index is 904. The Balaban J connectivity index is 2.49. The maximum atomic E-state index is 12.7. The van der Waals surface area contributed by atoms with Crippen LogP contribution < -0.4 is 10.1 Å². The number of benzene rings is 1. The smallest absolute Gasteiger partial charge is 0.344 e. The van der Waals surface area contributed by atoms with Gasteiger partial charge >= 0.3 is 11.9 Å². The molecule has 28 heavy (non-hydrogen) atoms. The predicted octanol–water partition coefficient (Wildman–Crippen LogP) is 3.86. The van der Waals surface area contributed by atoms with E-state index in [2.05, 4.69) is 5.32 Å². The SMILES string of the molecule is CCOC(=O)c1c(C)oc(NC(=O)c2cc(Cl)ccc2OC)c1C(=O)OCC. The number of furan rings is 1. The average molecular weight is 410 g/mol. The number of carbonyl (C=O) groups excluding carboxylic acids is 3. The van der Waals surface area contributed by atoms with Gasteiger partial charge in [0.05, 0.1) is 25.9 Å². The number of methoxy groups -OCH3 is 1. The number of carbonyl (C=O) groups is 3. The van der Waals surface area contributed by atoms with Crippen molar-refractivity contribution in [3.8, 4) is 5.75 Å². The fourth-order valence-electron chi connectivity index (χ4n) is 2.51. The summed E-state index contributed by atoms with van der Waals surface area (Å²) < 4.78 is 20.6. The lowest BCUT2D eigenvalue weighted by atomic mass is 10.1. The molecule has 0 aliphatic carbocycles. The molecular formula is C19H20ClNO7. The molecule has 0 aliphatic heterocycles. The summed E-state index contributed by atoms with van der Waals surface area (Å²) in [5.74, 6) is -2.08. The van der Waals surface area contributed by atoms with Gasteiger partial charge in [-0.2, -0.15) is 0 Å². The summed E-state index contributed by atoms with van der Waals surface area (Å²) in [5.41, 5.74) is -0.197. The number of rotatable bonds is 7. The highest BCUT2D eigenvalue weighted by Crippen LogP contribution is 2.30. The summed E-state index contributed by atoms with van der Waals surface area (Å²) in [5, 5.41) is 2.79. The Morgan fingerprint density at radius 2 is 1.68 bits per heavy atom. The van der Waals surface area contributed by atoms with Gasteiger partial charge in [0.2, 0.25) is 5.88 Å². The van der Waals surface area contributed by atoms with Crippen molar-refractivity contribution in [3.63, 3.8) is 0 Å². The van der Waals surface area contributed by atoms with Gasteiger partial charge in [0.15, 0.2) is 0 Å². The fraction of sp³-hybridized carbons (Fsp3) is 0.316. The molecule has 0 bridgehead atoms. The lowest BCUT2D eigenvalue weighted by Crippen LogP contribution is -2.18. The summed E-state index contributed by atoms with van der Waals surface area (Å²) in [6.07, 6.45) is 0. The van der Waals surface area contributed by atoms with E-state index >= 15 is 0 Å². The van der Waals surface area contributed by atoms with Crippen molar-refractivity contribution in [2.75, 3.05) is 25.6 Å². The Hall–Kier alpha value is -3.00. The molecule has 1 amide bonds. The van der Waals surface area contributed by atoms with E-state index < -0.39 is 17.8 Å². The summed E-state index contributed by atoms with van der Waals surface area (Å²) in [6.45, 7) is 4.90. The van der Waals surface area contributed by atoms with Crippen LogP contribution in [0.1, 0.15) is 50.7 Å². The number of esters is 2. The predicted molar refractivity (Wildman–Crippen MR) is 101 cm³/mol. The topological polar surface area (TPSA) is 104 Å². The maximum Gasteiger partial charge on any atom is 0.344 e. The normalized spacial score (nSPS) is 10.3. The van der Waals surface area contributed by atoms with E-state index in [9.17, 15) is 14.4 Å². The van der Waals surface area contributed by atoms with E-state index in [0.29, 0.717) is 5.02 Å². The molecule has 9 heteroatoms. The standard InChI is InChI=1S/C19H20ClNO7/c1-5-26-18(23)14-10(3)28-17(15(14)19(24)27-6-2)21-16(22)12-9-11(20)7-8-13(12)25-4/h7-9H,5-6H2,1-4H3,(H,21,22). The minimum absolute atomic E-state index is 0.0703. The van der Waals surface area contributed by atoms with E-state index in [1.165, 1.54) is 26.2 Å². The van der Waals surface area contributed by atoms with Crippen LogP contribution in [0.4, 0.5) is 5.88 Å². The third-order valence-electron chi connectivity index (χ3n) is 3.68. The van der Waals surface area contributed by atoms with Crippen molar-refractivity contribution in [2.24, 2.45) is 0 Å². The van der Waals surface area contributed by atoms with E-state index in [1.807, 2.05) is 0 Å². The Labute approximate surface area is 166 Å². The molecule has 2 rings (SSSR count). The average Bonchev–Trinajstić information content (AvgIpc) is 2.97. The second kappa shape index (κ2) is 9.27. The number of halogens is 1. The molecule has 0 spiro atoms. The van der Waals surface area contributed by atoms with Crippen LogP contribution in [0.3, 0.4) is 0 Å². The molecule has 1 aromatic carbocycles. The van der Waals surface area contributed by atoms with Gasteiger partial charge in [0.25, 0.3) is 5.91 Å². The third kappa shape index (κ3) is 4.45. The summed E-state index contributed by atoms with van der Waals surface area (Å²) in [7, 11) is 1.40. The Morgan fingerprint density at radius 1 is 1.07 bits per heavy atom. The summed E-state index contributed by atoms with van der Waals surface area (Å²) in [6, 6.07) is 4.50. The van der Waals surface area contributed by atoms with Gasteiger partial charge in [0.1, 0.15) is 22.6 Å². The van der Waals surface area contributed by atoms with Crippen molar-refractivity contribution in [2.45, 2.75) is 20.8 Å². The molecule has 0 saturated carbocycles. The van der Waals surface area contributed by atoms with Crippen molar-refractivity contribution in [3.05, 3.63) is 45.7 Å². The molecule has 0 saturated heterocycles. The van der Waals surface area contributed by atoms with Crippen LogP contribution in [-0.2, 0) is 9.47 Å². The van der Waals surface area contributed by atoms with Crippen LogP contribution in [-0.4, -0.2) is 38.2 Å². The molecular weight excluding hydrogens is 390 g/mol. The van der Waals surface area contributed by atoms with Gasteiger partial charge in [-0.05, 0) is 39.0 Å². The first-order chi connectivity index (χ1) is 13.3. The second-order valence-corrected chi connectivity index (χ2v) is 5.91. The van der Waals surface area contributed by atoms with Gasteiger partial charge in [-0.1, -0.05) is 11.6 Å². The van der Waals surface area contributed by atoms with Gasteiger partial charge < -0.3 is 18.6 Å².